The van der Waals surface area contributed by atoms with Crippen molar-refractivity contribution in [1.29, 1.82) is 0 Å². The predicted octanol–water partition coefficient (Wildman–Crippen LogP) is 6.72. The van der Waals surface area contributed by atoms with Crippen LogP contribution in [0.5, 0.6) is 0 Å². The third-order valence-corrected chi connectivity index (χ3v) is 9.46. The zero-order valence-corrected chi connectivity index (χ0v) is 24.3. The van der Waals surface area contributed by atoms with Crippen molar-refractivity contribution in [2.75, 3.05) is 4.90 Å². The molecule has 0 saturated carbocycles. The zero-order chi connectivity index (χ0) is 28.5. The van der Waals surface area contributed by atoms with Crippen molar-refractivity contribution >= 4 is 68.8 Å². The van der Waals surface area contributed by atoms with Gasteiger partial charge < -0.3 is 0 Å². The van der Waals surface area contributed by atoms with Crippen LogP contribution in [-0.4, -0.2) is 23.9 Å². The molecule has 0 aromatic heterocycles. The lowest BCUT2D eigenvalue weighted by Gasteiger charge is -2.52. The predicted molar refractivity (Wildman–Crippen MR) is 162 cm³/mol. The van der Waals surface area contributed by atoms with Crippen molar-refractivity contribution in [1.82, 2.24) is 5.43 Å². The van der Waals surface area contributed by atoms with E-state index in [-0.39, 0.29) is 28.3 Å². The molecule has 0 spiro atoms. The van der Waals surface area contributed by atoms with E-state index in [4.69, 9.17) is 23.2 Å². The number of hydrazone groups is 1. The summed E-state index contributed by atoms with van der Waals surface area (Å²) in [4.78, 5) is 42.9. The standard InChI is InChI=1S/C32H20BrCl2N3O3/c33-17-9-12-19(13-10-17)38-30(40)27-26-20-5-1-3-7-23(20)32(28(27)31(38)41,24-8-4-2-6-21(24)26)16-36-37-29(39)22-14-11-18(34)15-25(22)35/h1-16,26-28H,(H,37,39)/b36-16+/t26?,27-,28+,32?/m0/s1. The van der Waals surface area contributed by atoms with Crippen molar-refractivity contribution in [3.63, 3.8) is 0 Å². The number of amides is 3. The van der Waals surface area contributed by atoms with Crippen LogP contribution in [-0.2, 0) is 15.0 Å². The van der Waals surface area contributed by atoms with E-state index in [0.29, 0.717) is 10.7 Å². The van der Waals surface area contributed by atoms with Gasteiger partial charge in [0.1, 0.15) is 0 Å². The molecule has 4 aromatic rings. The van der Waals surface area contributed by atoms with Crippen molar-refractivity contribution < 1.29 is 14.4 Å². The van der Waals surface area contributed by atoms with E-state index < -0.39 is 23.2 Å². The summed E-state index contributed by atoms with van der Waals surface area (Å²) in [6.07, 6.45) is 1.62. The molecule has 6 nitrogen and oxygen atoms in total. The SMILES string of the molecule is O=C(N/N=C/C12c3ccccc3C(c3ccccc31)[C@@H]1C(=O)N(c3ccc(Br)cc3)C(=O)[C@@H]12)c1ccc(Cl)cc1Cl. The number of imide groups is 1. The van der Waals surface area contributed by atoms with Crippen LogP contribution >= 0.6 is 39.1 Å². The minimum atomic E-state index is -1.10. The van der Waals surface area contributed by atoms with Gasteiger partial charge in [0.2, 0.25) is 11.8 Å². The number of hydrogen-bond acceptors (Lipinski definition) is 4. The Morgan fingerprint density at radius 2 is 1.51 bits per heavy atom. The molecule has 3 amide bonds. The molecule has 4 aliphatic rings. The van der Waals surface area contributed by atoms with Crippen LogP contribution in [0.3, 0.4) is 0 Å². The number of benzene rings is 4. The lowest BCUT2D eigenvalue weighted by Crippen LogP contribution is -2.54. The quantitative estimate of drug-likeness (QED) is 0.152. The minimum Gasteiger partial charge on any atom is -0.274 e. The number of anilines is 1. The summed E-state index contributed by atoms with van der Waals surface area (Å²) in [5.74, 6) is -2.74. The lowest BCUT2D eigenvalue weighted by atomic mass is 9.47. The number of hydrogen-bond donors (Lipinski definition) is 1. The van der Waals surface area contributed by atoms with E-state index in [1.165, 1.54) is 17.0 Å². The second-order valence-corrected chi connectivity index (χ2v) is 12.1. The van der Waals surface area contributed by atoms with Crippen molar-refractivity contribution in [3.05, 3.63) is 133 Å². The number of nitrogens with zero attached hydrogens (tertiary/aromatic N) is 2. The van der Waals surface area contributed by atoms with Gasteiger partial charge in [-0.3, -0.25) is 14.4 Å². The Bertz CT molecular complexity index is 1760. The third-order valence-electron chi connectivity index (χ3n) is 8.38. The highest BCUT2D eigenvalue weighted by molar-refractivity contribution is 9.10. The molecule has 41 heavy (non-hydrogen) atoms. The molecule has 1 N–H and O–H groups in total. The molecule has 8 rings (SSSR count). The van der Waals surface area contributed by atoms with Gasteiger partial charge in [-0.25, -0.2) is 10.3 Å². The Morgan fingerprint density at radius 3 is 2.15 bits per heavy atom. The number of carbonyl (C=O) groups is 3. The molecule has 9 heteroatoms. The van der Waals surface area contributed by atoms with Crippen LogP contribution in [0.4, 0.5) is 5.69 Å². The van der Waals surface area contributed by atoms with Crippen LogP contribution in [0.1, 0.15) is 38.5 Å². The number of nitrogens with one attached hydrogen (secondary N) is 1. The Morgan fingerprint density at radius 1 is 0.878 bits per heavy atom. The van der Waals surface area contributed by atoms with E-state index >= 15 is 0 Å². The molecule has 4 aromatic carbocycles. The summed E-state index contributed by atoms with van der Waals surface area (Å²) in [5.41, 5.74) is 5.96. The fraction of sp³-hybridized carbons (Fsp3) is 0.125. The molecule has 3 aliphatic carbocycles. The van der Waals surface area contributed by atoms with Gasteiger partial charge in [-0.05, 0) is 64.7 Å². The van der Waals surface area contributed by atoms with E-state index in [1.807, 2.05) is 60.7 Å². The summed E-state index contributed by atoms with van der Waals surface area (Å²) < 4.78 is 0.845. The first-order valence-electron chi connectivity index (χ1n) is 12.9. The van der Waals surface area contributed by atoms with Gasteiger partial charge in [-0.15, -0.1) is 0 Å². The molecular weight excluding hydrogens is 625 g/mol. The Hall–Kier alpha value is -3.78. The van der Waals surface area contributed by atoms with Crippen LogP contribution < -0.4 is 10.3 Å². The van der Waals surface area contributed by atoms with Gasteiger partial charge in [0.25, 0.3) is 5.91 Å². The maximum atomic E-state index is 14.4. The largest absolute Gasteiger partial charge is 0.274 e. The monoisotopic (exact) mass is 643 g/mol. The summed E-state index contributed by atoms with van der Waals surface area (Å²) >= 11 is 15.7. The fourth-order valence-corrected chi connectivity index (χ4v) is 7.58. The zero-order valence-electron chi connectivity index (χ0n) is 21.2. The number of rotatable bonds is 4. The number of halogens is 3. The van der Waals surface area contributed by atoms with E-state index in [9.17, 15) is 14.4 Å². The Labute approximate surface area is 254 Å². The summed E-state index contributed by atoms with van der Waals surface area (Å²) in [5, 5.41) is 5.03. The van der Waals surface area contributed by atoms with Crippen molar-refractivity contribution in [3.8, 4) is 0 Å². The van der Waals surface area contributed by atoms with Gasteiger partial charge in [-0.1, -0.05) is 87.7 Å². The molecule has 1 fully saturated rings. The van der Waals surface area contributed by atoms with E-state index in [2.05, 4.69) is 26.5 Å². The second-order valence-electron chi connectivity index (χ2n) is 10.3. The molecule has 1 heterocycles. The molecule has 1 saturated heterocycles. The van der Waals surface area contributed by atoms with Gasteiger partial charge >= 0.3 is 0 Å². The van der Waals surface area contributed by atoms with E-state index in [0.717, 1.165) is 26.7 Å². The maximum Gasteiger partial charge on any atom is 0.272 e. The summed E-state index contributed by atoms with van der Waals surface area (Å²) in [6, 6.07) is 27.5. The van der Waals surface area contributed by atoms with Crippen LogP contribution in [0.2, 0.25) is 10.0 Å². The highest BCUT2D eigenvalue weighted by Crippen LogP contribution is 2.63. The topological polar surface area (TPSA) is 78.8 Å². The third kappa shape index (κ3) is 3.76. The number of carbonyl (C=O) groups excluding carboxylic acids is 3. The fourth-order valence-electron chi connectivity index (χ4n) is 6.82. The Kier molecular flexibility index (Phi) is 6.15. The normalized spacial score (nSPS) is 23.9. The van der Waals surface area contributed by atoms with Crippen LogP contribution in [0, 0.1) is 11.8 Å². The van der Waals surface area contributed by atoms with Gasteiger partial charge in [-0.2, -0.15) is 5.10 Å². The second kappa shape index (κ2) is 9.65. The molecular formula is C32H20BrCl2N3O3. The molecule has 202 valence electrons. The van der Waals surface area contributed by atoms with Gasteiger partial charge in [0.15, 0.2) is 0 Å². The molecule has 0 radical (unpaired) electrons. The van der Waals surface area contributed by atoms with E-state index in [1.54, 1.807) is 24.4 Å². The molecule has 2 bridgehead atoms. The van der Waals surface area contributed by atoms with Crippen LogP contribution in [0.25, 0.3) is 0 Å². The minimum absolute atomic E-state index is 0.194. The average Bonchev–Trinajstić information content (AvgIpc) is 3.24. The summed E-state index contributed by atoms with van der Waals surface area (Å²) in [7, 11) is 0. The molecule has 1 aliphatic heterocycles. The van der Waals surface area contributed by atoms with Crippen molar-refractivity contribution in [2.24, 2.45) is 16.9 Å². The molecule has 0 unspecified atom stereocenters. The maximum absolute atomic E-state index is 14.4. The first kappa shape index (κ1) is 26.1. The smallest absolute Gasteiger partial charge is 0.272 e. The average molecular weight is 645 g/mol. The summed E-state index contributed by atoms with van der Waals surface area (Å²) in [6.45, 7) is 0. The van der Waals surface area contributed by atoms with Gasteiger partial charge in [0.05, 0.1) is 33.5 Å². The van der Waals surface area contributed by atoms with Gasteiger partial charge in [0, 0.05) is 21.6 Å². The highest BCUT2D eigenvalue weighted by atomic mass is 79.9. The lowest BCUT2D eigenvalue weighted by molar-refractivity contribution is -0.122. The highest BCUT2D eigenvalue weighted by Gasteiger charge is 2.68. The van der Waals surface area contributed by atoms with Crippen molar-refractivity contribution in [2.45, 2.75) is 11.3 Å². The van der Waals surface area contributed by atoms with Crippen LogP contribution in [0.15, 0.2) is 101 Å². The first-order chi connectivity index (χ1) is 19.8. The Balaban J connectivity index is 1.39. The molecule has 2 atom stereocenters. The first-order valence-corrected chi connectivity index (χ1v) is 14.5.